The molecule has 1 saturated heterocycles. The zero-order chi connectivity index (χ0) is 30.1. The van der Waals surface area contributed by atoms with Gasteiger partial charge in [0.2, 0.25) is 0 Å². The van der Waals surface area contributed by atoms with Crippen molar-refractivity contribution in [2.75, 3.05) is 19.0 Å². The molecule has 10 nitrogen and oxygen atoms in total. The van der Waals surface area contributed by atoms with Crippen molar-refractivity contribution in [1.82, 2.24) is 24.0 Å². The average Bonchev–Trinajstić information content (AvgIpc) is 3.44. The minimum absolute atomic E-state index is 0.0135. The van der Waals surface area contributed by atoms with E-state index in [1.54, 1.807) is 31.6 Å². The Balaban J connectivity index is 1.20. The van der Waals surface area contributed by atoms with E-state index < -0.39 is 0 Å². The summed E-state index contributed by atoms with van der Waals surface area (Å²) in [6.07, 6.45) is 7.73. The summed E-state index contributed by atoms with van der Waals surface area (Å²) in [5, 5.41) is 4.00. The molecule has 0 unspecified atom stereocenters. The Hall–Kier alpha value is -4.70. The molecular weight excluding hydrogens is 554 g/mol. The Morgan fingerprint density at radius 2 is 1.84 bits per heavy atom. The van der Waals surface area contributed by atoms with Gasteiger partial charge in [0.15, 0.2) is 5.82 Å². The first kappa shape index (κ1) is 26.9. The number of amides is 2. The van der Waals surface area contributed by atoms with Crippen molar-refractivity contribution in [3.8, 4) is 17.3 Å². The van der Waals surface area contributed by atoms with Gasteiger partial charge >= 0.3 is 0 Å². The van der Waals surface area contributed by atoms with E-state index in [2.05, 4.69) is 20.9 Å². The average molecular weight is 590 g/mol. The van der Waals surface area contributed by atoms with Crippen molar-refractivity contribution in [2.45, 2.75) is 44.3 Å². The van der Waals surface area contributed by atoms with Crippen LogP contribution in [0.15, 0.2) is 60.9 Å². The second-order valence-electron chi connectivity index (χ2n) is 12.5. The molecule has 1 aliphatic heterocycles. The van der Waals surface area contributed by atoms with Gasteiger partial charge in [-0.15, -0.1) is 0 Å². The predicted molar refractivity (Wildman–Crippen MR) is 169 cm³/mol. The summed E-state index contributed by atoms with van der Waals surface area (Å²) >= 11 is 0. The topological polar surface area (TPSA) is 120 Å². The molecule has 44 heavy (non-hydrogen) atoms. The second-order valence-corrected chi connectivity index (χ2v) is 12.5. The summed E-state index contributed by atoms with van der Waals surface area (Å²) in [6, 6.07) is 15.4. The molecule has 10 heteroatoms. The van der Waals surface area contributed by atoms with E-state index >= 15 is 0 Å². The number of carbonyl (C=O) groups is 2. The molecule has 8 rings (SSSR count). The molecule has 2 bridgehead atoms. The highest BCUT2D eigenvalue weighted by atomic mass is 16.5. The number of likely N-dealkylation sites (tertiary alicyclic amines) is 1. The summed E-state index contributed by atoms with van der Waals surface area (Å²) < 4.78 is 10.2. The molecule has 2 aliphatic carbocycles. The maximum absolute atomic E-state index is 13.7. The third-order valence-corrected chi connectivity index (χ3v) is 9.79. The van der Waals surface area contributed by atoms with Crippen LogP contribution in [0.25, 0.3) is 33.5 Å². The van der Waals surface area contributed by atoms with Gasteiger partial charge in [-0.1, -0.05) is 6.07 Å². The van der Waals surface area contributed by atoms with Crippen molar-refractivity contribution in [3.05, 3.63) is 72.1 Å². The number of imidazole rings is 1. The largest absolute Gasteiger partial charge is 0.494 e. The quantitative estimate of drug-likeness (QED) is 0.281. The first-order valence-electron chi connectivity index (χ1n) is 15.4. The van der Waals surface area contributed by atoms with Gasteiger partial charge in [-0.3, -0.25) is 14.6 Å². The van der Waals surface area contributed by atoms with Gasteiger partial charge in [-0.25, -0.2) is 4.98 Å². The van der Waals surface area contributed by atoms with Crippen LogP contribution in [0.3, 0.4) is 0 Å². The highest BCUT2D eigenvalue weighted by molar-refractivity contribution is 6.06. The zero-order valence-electron chi connectivity index (χ0n) is 24.9. The van der Waals surface area contributed by atoms with Gasteiger partial charge in [0.1, 0.15) is 11.3 Å². The lowest BCUT2D eigenvalue weighted by Gasteiger charge is -2.27. The summed E-state index contributed by atoms with van der Waals surface area (Å²) in [4.78, 5) is 37.9. The number of fused-ring (bicyclic) bond motifs is 4. The lowest BCUT2D eigenvalue weighted by Crippen LogP contribution is -2.41. The molecule has 3 atom stereocenters. The van der Waals surface area contributed by atoms with E-state index in [9.17, 15) is 9.59 Å². The van der Waals surface area contributed by atoms with Crippen LogP contribution in [0, 0.1) is 11.8 Å². The van der Waals surface area contributed by atoms with Crippen LogP contribution >= 0.6 is 0 Å². The van der Waals surface area contributed by atoms with Gasteiger partial charge in [0.25, 0.3) is 11.8 Å². The van der Waals surface area contributed by atoms with Crippen LogP contribution < -0.4 is 15.8 Å². The number of aryl methyl sites for hydroxylation is 1. The molecule has 3 aliphatic rings. The smallest absolute Gasteiger partial charge is 0.255 e. The molecule has 3 N–H and O–H groups in total. The van der Waals surface area contributed by atoms with Crippen molar-refractivity contribution in [2.24, 2.45) is 24.6 Å². The monoisotopic (exact) mass is 589 g/mol. The van der Waals surface area contributed by atoms with Crippen LogP contribution in [0.1, 0.15) is 46.4 Å². The lowest BCUT2D eigenvalue weighted by molar-refractivity contribution is 0.0700. The summed E-state index contributed by atoms with van der Waals surface area (Å²) in [5.74, 6) is 2.18. The first-order valence-corrected chi connectivity index (χ1v) is 15.4. The number of hydrogen-bond acceptors (Lipinski definition) is 6. The highest BCUT2D eigenvalue weighted by Gasteiger charge is 2.47. The number of methoxy groups -OCH3 is 1. The van der Waals surface area contributed by atoms with E-state index in [1.807, 2.05) is 46.8 Å². The van der Waals surface area contributed by atoms with E-state index in [4.69, 9.17) is 15.5 Å². The van der Waals surface area contributed by atoms with Crippen LogP contribution in [0.2, 0.25) is 0 Å². The summed E-state index contributed by atoms with van der Waals surface area (Å²) in [7, 11) is 3.62. The number of carbonyl (C=O) groups excluding carboxylic acids is 2. The van der Waals surface area contributed by atoms with Gasteiger partial charge in [-0.2, -0.15) is 0 Å². The second kappa shape index (κ2) is 10.2. The number of ether oxygens (including phenoxy) is 1. The number of nitrogens with one attached hydrogen (secondary N) is 1. The first-order chi connectivity index (χ1) is 21.4. The minimum Gasteiger partial charge on any atom is -0.494 e. The Kier molecular flexibility index (Phi) is 6.23. The Morgan fingerprint density at radius 1 is 1.02 bits per heavy atom. The van der Waals surface area contributed by atoms with E-state index in [0.29, 0.717) is 46.5 Å². The van der Waals surface area contributed by atoms with Gasteiger partial charge in [-0.05, 0) is 80.0 Å². The standard InChI is InChI=1S/C34H35N7O3/c1-39-31-25(13-23(16-29(31)44-2)34(43)41-18-22-7-8-26(41)30(22)35)38-32(39)28-14-20-5-6-21(15-27(20)40(28)17-19-3-4-19)33(42)37-24-9-11-36-12-10-24/h5-6,9-16,19,22,26,30H,3-4,7-8,17-18,35H2,1-2H3,(H,36,37,42)/t22-,26-,30-/m1/s1. The van der Waals surface area contributed by atoms with Crippen LogP contribution in [-0.4, -0.2) is 61.6 Å². The lowest BCUT2D eigenvalue weighted by atomic mass is 10.1. The van der Waals surface area contributed by atoms with E-state index in [0.717, 1.165) is 47.3 Å². The zero-order valence-corrected chi connectivity index (χ0v) is 24.9. The predicted octanol–water partition coefficient (Wildman–Crippen LogP) is 4.82. The number of benzene rings is 2. The molecule has 2 amide bonds. The summed E-state index contributed by atoms with van der Waals surface area (Å²) in [5.41, 5.74) is 11.8. The van der Waals surface area contributed by atoms with Crippen molar-refractivity contribution in [1.29, 1.82) is 0 Å². The molecule has 2 saturated carbocycles. The van der Waals surface area contributed by atoms with Crippen molar-refractivity contribution >= 4 is 39.4 Å². The van der Waals surface area contributed by atoms with E-state index in [1.165, 1.54) is 12.8 Å². The molecule has 3 aromatic heterocycles. The maximum Gasteiger partial charge on any atom is 0.255 e. The number of hydrogen-bond donors (Lipinski definition) is 2. The minimum atomic E-state index is -0.171. The number of pyridine rings is 1. The van der Waals surface area contributed by atoms with Crippen LogP contribution in [0.5, 0.6) is 5.75 Å². The molecule has 3 fully saturated rings. The molecular formula is C34H35N7O3. The molecule has 0 radical (unpaired) electrons. The molecule has 0 spiro atoms. The third-order valence-electron chi connectivity index (χ3n) is 9.79. The number of nitrogens with zero attached hydrogens (tertiary/aromatic N) is 5. The van der Waals surface area contributed by atoms with Crippen molar-refractivity contribution < 1.29 is 14.3 Å². The third kappa shape index (κ3) is 4.35. The van der Waals surface area contributed by atoms with E-state index in [-0.39, 0.29) is 23.9 Å². The fourth-order valence-electron chi connectivity index (χ4n) is 7.24. The Labute approximate surface area is 254 Å². The van der Waals surface area contributed by atoms with Crippen LogP contribution in [-0.2, 0) is 13.6 Å². The molecule has 4 heterocycles. The molecule has 2 aromatic carbocycles. The van der Waals surface area contributed by atoms with Gasteiger partial charge in [0, 0.05) is 72.3 Å². The van der Waals surface area contributed by atoms with Crippen LogP contribution in [0.4, 0.5) is 5.69 Å². The molecule has 224 valence electrons. The molecule has 5 aromatic rings. The fourth-order valence-corrected chi connectivity index (χ4v) is 7.24. The van der Waals surface area contributed by atoms with Gasteiger partial charge in [0.05, 0.1) is 18.3 Å². The summed E-state index contributed by atoms with van der Waals surface area (Å²) in [6.45, 7) is 1.55. The number of anilines is 1. The normalized spacial score (nSPS) is 21.0. The number of aromatic nitrogens is 4. The Morgan fingerprint density at radius 3 is 2.55 bits per heavy atom. The van der Waals surface area contributed by atoms with Gasteiger partial charge < -0.3 is 29.8 Å². The SMILES string of the molecule is COc1cc(C(=O)N2C[C@H]3CC[C@@H]2[C@@H]3N)cc2nc(-c3cc4ccc(C(=O)Nc5ccncc5)cc4n3CC3CC3)n(C)c12. The van der Waals surface area contributed by atoms with Crippen molar-refractivity contribution in [3.63, 3.8) is 0 Å². The maximum atomic E-state index is 13.7. The number of piperidine rings is 1. The number of nitrogens with two attached hydrogens (primary N) is 1. The fraction of sp³-hybridized carbons (Fsp3) is 0.353. The number of rotatable bonds is 7. The highest BCUT2D eigenvalue weighted by Crippen LogP contribution is 2.40. The Bertz CT molecular complexity index is 1940.